The molecule has 0 spiro atoms. The molecule has 1 aliphatic heterocycles. The lowest BCUT2D eigenvalue weighted by atomic mass is 10.2. The molecule has 3 N–H and O–H groups in total. The van der Waals surface area contributed by atoms with Crippen molar-refractivity contribution in [3.05, 3.63) is 23.8 Å². The van der Waals surface area contributed by atoms with Crippen molar-refractivity contribution in [1.29, 1.82) is 0 Å². The number of nitrogens with two attached hydrogens (primary N) is 1. The van der Waals surface area contributed by atoms with Gasteiger partial charge in [0.2, 0.25) is 21.8 Å². The molecule has 1 fully saturated rings. The minimum Gasteiger partial charge on any atom is -0.333 e. The smallest absolute Gasteiger partial charge is 0.244 e. The molecule has 21 heavy (non-hydrogen) atoms. The van der Waals surface area contributed by atoms with Gasteiger partial charge in [-0.15, -0.1) is 0 Å². The summed E-state index contributed by atoms with van der Waals surface area (Å²) in [5.74, 6) is -0.403. The van der Waals surface area contributed by atoms with Crippen molar-refractivity contribution in [2.24, 2.45) is 5.14 Å². The summed E-state index contributed by atoms with van der Waals surface area (Å²) in [6, 6.07) is 4.26. The summed E-state index contributed by atoms with van der Waals surface area (Å²) < 4.78 is 22.6. The molecular weight excluding hydrogens is 294 g/mol. The first kappa shape index (κ1) is 15.5. The highest BCUT2D eigenvalue weighted by atomic mass is 32.2. The van der Waals surface area contributed by atoms with Gasteiger partial charge in [0.1, 0.15) is 0 Å². The van der Waals surface area contributed by atoms with Gasteiger partial charge in [0.15, 0.2) is 0 Å². The predicted octanol–water partition coefficient (Wildman–Crippen LogP) is 0.203. The zero-order valence-electron chi connectivity index (χ0n) is 11.6. The average Bonchev–Trinajstić information content (AvgIpc) is 2.76. The fourth-order valence-corrected chi connectivity index (χ4v) is 2.69. The van der Waals surface area contributed by atoms with Crippen molar-refractivity contribution in [3.8, 4) is 0 Å². The molecule has 0 aromatic heterocycles. The summed E-state index contributed by atoms with van der Waals surface area (Å²) >= 11 is 0. The van der Waals surface area contributed by atoms with E-state index in [1.54, 1.807) is 13.0 Å². The third kappa shape index (κ3) is 3.79. The molecule has 1 aromatic carbocycles. The number of sulfonamides is 1. The van der Waals surface area contributed by atoms with Crippen molar-refractivity contribution in [2.45, 2.75) is 24.7 Å². The Morgan fingerprint density at radius 3 is 2.71 bits per heavy atom. The number of carbonyl (C=O) groups excluding carboxylic acids is 2. The number of aryl methyl sites for hydroxylation is 1. The van der Waals surface area contributed by atoms with E-state index in [9.17, 15) is 18.0 Å². The van der Waals surface area contributed by atoms with Crippen molar-refractivity contribution in [1.82, 2.24) is 4.90 Å². The quantitative estimate of drug-likeness (QED) is 0.828. The zero-order valence-corrected chi connectivity index (χ0v) is 12.4. The number of likely N-dealkylation sites (tertiary alicyclic amines) is 1. The predicted molar refractivity (Wildman–Crippen MR) is 77.0 cm³/mol. The first-order valence-electron chi connectivity index (χ1n) is 6.48. The van der Waals surface area contributed by atoms with Crippen LogP contribution in [0.3, 0.4) is 0 Å². The number of primary sulfonamides is 1. The number of benzene rings is 1. The normalized spacial score (nSPS) is 15.3. The van der Waals surface area contributed by atoms with Crippen molar-refractivity contribution < 1.29 is 18.0 Å². The first-order valence-corrected chi connectivity index (χ1v) is 8.03. The molecule has 0 saturated carbocycles. The summed E-state index contributed by atoms with van der Waals surface area (Å²) in [7, 11) is -3.82. The Balaban J connectivity index is 2.11. The van der Waals surface area contributed by atoms with Crippen LogP contribution in [0.15, 0.2) is 23.1 Å². The molecule has 0 radical (unpaired) electrons. The van der Waals surface area contributed by atoms with Gasteiger partial charge in [0, 0.05) is 18.7 Å². The fraction of sp³-hybridized carbons (Fsp3) is 0.385. The van der Waals surface area contributed by atoms with Gasteiger partial charge >= 0.3 is 0 Å². The number of anilines is 1. The molecule has 0 aliphatic carbocycles. The maximum absolute atomic E-state index is 11.9. The van der Waals surface area contributed by atoms with Gasteiger partial charge in [-0.25, -0.2) is 13.6 Å². The topological polar surface area (TPSA) is 110 Å². The highest BCUT2D eigenvalue weighted by Crippen LogP contribution is 2.19. The Labute approximate surface area is 123 Å². The lowest BCUT2D eigenvalue weighted by Gasteiger charge is -2.16. The molecule has 1 saturated heterocycles. The molecule has 1 heterocycles. The Kier molecular flexibility index (Phi) is 4.29. The van der Waals surface area contributed by atoms with Crippen LogP contribution >= 0.6 is 0 Å². The number of hydrogen-bond donors (Lipinski definition) is 2. The van der Waals surface area contributed by atoms with E-state index < -0.39 is 10.0 Å². The van der Waals surface area contributed by atoms with Crippen LogP contribution in [0.2, 0.25) is 0 Å². The van der Waals surface area contributed by atoms with E-state index in [0.29, 0.717) is 24.2 Å². The van der Waals surface area contributed by atoms with Crippen LogP contribution in [0.25, 0.3) is 0 Å². The Bertz CT molecular complexity index is 685. The van der Waals surface area contributed by atoms with E-state index in [0.717, 1.165) is 6.42 Å². The molecule has 2 amide bonds. The van der Waals surface area contributed by atoms with Crippen LogP contribution in [0.5, 0.6) is 0 Å². The van der Waals surface area contributed by atoms with Crippen LogP contribution in [0.1, 0.15) is 18.4 Å². The minimum atomic E-state index is -3.82. The number of hydrogen-bond acceptors (Lipinski definition) is 4. The third-order valence-corrected chi connectivity index (χ3v) is 4.23. The monoisotopic (exact) mass is 311 g/mol. The Hall–Kier alpha value is -1.93. The molecule has 0 bridgehead atoms. The van der Waals surface area contributed by atoms with E-state index >= 15 is 0 Å². The highest BCUT2D eigenvalue weighted by Gasteiger charge is 2.22. The van der Waals surface area contributed by atoms with E-state index in [1.807, 2.05) is 0 Å². The molecule has 0 unspecified atom stereocenters. The summed E-state index contributed by atoms with van der Waals surface area (Å²) in [4.78, 5) is 24.8. The van der Waals surface area contributed by atoms with E-state index in [1.165, 1.54) is 17.0 Å². The van der Waals surface area contributed by atoms with E-state index in [4.69, 9.17) is 5.14 Å². The summed E-state index contributed by atoms with van der Waals surface area (Å²) in [6.45, 7) is 2.28. The van der Waals surface area contributed by atoms with Crippen molar-refractivity contribution >= 4 is 27.5 Å². The van der Waals surface area contributed by atoms with Gasteiger partial charge in [0.05, 0.1) is 11.4 Å². The molecule has 2 rings (SSSR count). The molecular formula is C13H17N3O4S. The lowest BCUT2D eigenvalue weighted by molar-refractivity contribution is -0.131. The van der Waals surface area contributed by atoms with Crippen LogP contribution < -0.4 is 10.5 Å². The van der Waals surface area contributed by atoms with Gasteiger partial charge < -0.3 is 10.2 Å². The SMILES string of the molecule is Cc1ccc(S(N)(=O)=O)cc1NC(=O)CN1CCCC1=O. The lowest BCUT2D eigenvalue weighted by Crippen LogP contribution is -2.34. The van der Waals surface area contributed by atoms with Crippen molar-refractivity contribution in [3.63, 3.8) is 0 Å². The van der Waals surface area contributed by atoms with Crippen LogP contribution in [-0.2, 0) is 19.6 Å². The molecule has 1 aliphatic rings. The molecule has 1 aromatic rings. The number of nitrogens with one attached hydrogen (secondary N) is 1. The Morgan fingerprint density at radius 2 is 2.14 bits per heavy atom. The maximum Gasteiger partial charge on any atom is 0.244 e. The number of nitrogens with zero attached hydrogens (tertiary/aromatic N) is 1. The fourth-order valence-electron chi connectivity index (χ4n) is 2.15. The standard InChI is InChI=1S/C13H17N3O4S/c1-9-4-5-10(21(14,19)20)7-11(9)15-12(17)8-16-6-2-3-13(16)18/h4-5,7H,2-3,6,8H2,1H3,(H,15,17)(H2,14,19,20). The molecule has 8 heteroatoms. The second-order valence-electron chi connectivity index (χ2n) is 4.99. The zero-order chi connectivity index (χ0) is 15.6. The van der Waals surface area contributed by atoms with Crippen LogP contribution in [0.4, 0.5) is 5.69 Å². The van der Waals surface area contributed by atoms with Gasteiger partial charge in [0.25, 0.3) is 0 Å². The number of carbonyl (C=O) groups is 2. The summed E-state index contributed by atoms with van der Waals surface area (Å²) in [6.07, 6.45) is 1.22. The summed E-state index contributed by atoms with van der Waals surface area (Å²) in [5.41, 5.74) is 1.08. The number of amides is 2. The van der Waals surface area contributed by atoms with Gasteiger partial charge in [-0.3, -0.25) is 9.59 Å². The maximum atomic E-state index is 11.9. The molecule has 7 nitrogen and oxygen atoms in total. The second kappa shape index (κ2) is 5.82. The van der Waals surface area contributed by atoms with Gasteiger partial charge in [-0.1, -0.05) is 6.07 Å². The first-order chi connectivity index (χ1) is 9.77. The van der Waals surface area contributed by atoms with Gasteiger partial charge in [-0.05, 0) is 31.0 Å². The second-order valence-corrected chi connectivity index (χ2v) is 6.55. The third-order valence-electron chi connectivity index (χ3n) is 3.32. The van der Waals surface area contributed by atoms with Gasteiger partial charge in [-0.2, -0.15) is 0 Å². The minimum absolute atomic E-state index is 0.0299. The van der Waals surface area contributed by atoms with Crippen molar-refractivity contribution in [2.75, 3.05) is 18.4 Å². The van der Waals surface area contributed by atoms with Crippen LogP contribution in [0, 0.1) is 6.92 Å². The van der Waals surface area contributed by atoms with E-state index in [-0.39, 0.29) is 23.3 Å². The Morgan fingerprint density at radius 1 is 1.43 bits per heavy atom. The molecule has 0 atom stereocenters. The largest absolute Gasteiger partial charge is 0.333 e. The highest BCUT2D eigenvalue weighted by molar-refractivity contribution is 7.89. The summed E-state index contributed by atoms with van der Waals surface area (Å²) in [5, 5.41) is 7.68. The van der Waals surface area contributed by atoms with Crippen LogP contribution in [-0.4, -0.2) is 38.2 Å². The average molecular weight is 311 g/mol. The van der Waals surface area contributed by atoms with E-state index in [2.05, 4.69) is 5.32 Å². The number of rotatable bonds is 4. The molecule has 114 valence electrons.